The van der Waals surface area contributed by atoms with E-state index < -0.39 is 0 Å². The highest BCUT2D eigenvalue weighted by Gasteiger charge is 2.08. The summed E-state index contributed by atoms with van der Waals surface area (Å²) >= 11 is 0. The number of nitrogens with one attached hydrogen (secondary N) is 2. The number of anilines is 3. The highest BCUT2D eigenvalue weighted by Crippen LogP contribution is 2.23. The number of nitrogen functional groups attached to an aromatic ring is 1. The van der Waals surface area contributed by atoms with E-state index in [2.05, 4.69) is 46.7 Å². The predicted octanol–water partition coefficient (Wildman–Crippen LogP) is 2.38. The van der Waals surface area contributed by atoms with Crippen molar-refractivity contribution in [2.24, 2.45) is 5.84 Å². The molecule has 0 saturated carbocycles. The van der Waals surface area contributed by atoms with Crippen molar-refractivity contribution in [3.8, 4) is 0 Å². The molecule has 3 rings (SSSR count). The first-order chi connectivity index (χ1) is 9.67. The first kappa shape index (κ1) is 12.4. The monoisotopic (exact) mass is 268 g/mol. The molecule has 6 heteroatoms. The molecular weight excluding hydrogens is 252 g/mol. The average Bonchev–Trinajstić information content (AvgIpc) is 2.90. The van der Waals surface area contributed by atoms with E-state index in [9.17, 15) is 0 Å². The molecule has 3 aromatic rings. The Morgan fingerprint density at radius 3 is 2.85 bits per heavy atom. The lowest BCUT2D eigenvalue weighted by atomic mass is 10.1. The SMILES string of the molecule is Cc1ccc(Nc2nc(NN)cn3ccnc23)c(C)c1. The standard InChI is InChI=1S/C14H16N6/c1-9-3-4-11(10(2)7-9)17-13-14-16-5-6-20(14)8-12(18-13)19-15/h3-8,19H,15H2,1-2H3,(H,17,18). The maximum Gasteiger partial charge on any atom is 0.180 e. The summed E-state index contributed by atoms with van der Waals surface area (Å²) in [6, 6.07) is 6.22. The minimum atomic E-state index is 0.572. The van der Waals surface area contributed by atoms with Crippen LogP contribution in [0.1, 0.15) is 11.1 Å². The van der Waals surface area contributed by atoms with Gasteiger partial charge in [-0.2, -0.15) is 0 Å². The summed E-state index contributed by atoms with van der Waals surface area (Å²) in [4.78, 5) is 8.73. The van der Waals surface area contributed by atoms with Crippen molar-refractivity contribution in [1.82, 2.24) is 14.4 Å². The van der Waals surface area contributed by atoms with E-state index in [1.54, 1.807) is 12.4 Å². The topological polar surface area (TPSA) is 80.3 Å². The summed E-state index contributed by atoms with van der Waals surface area (Å²) < 4.78 is 1.87. The number of benzene rings is 1. The van der Waals surface area contributed by atoms with Gasteiger partial charge in [-0.05, 0) is 25.5 Å². The number of imidazole rings is 1. The van der Waals surface area contributed by atoms with Gasteiger partial charge in [0.1, 0.15) is 0 Å². The Labute approximate surface area is 116 Å². The van der Waals surface area contributed by atoms with Crippen LogP contribution in [0.2, 0.25) is 0 Å². The van der Waals surface area contributed by atoms with E-state index in [0.717, 1.165) is 16.9 Å². The molecule has 0 spiro atoms. The summed E-state index contributed by atoms with van der Waals surface area (Å²) in [5.41, 5.74) is 6.70. The first-order valence-electron chi connectivity index (χ1n) is 6.32. The molecule has 6 nitrogen and oxygen atoms in total. The highest BCUT2D eigenvalue weighted by atomic mass is 15.3. The molecule has 0 aliphatic heterocycles. The van der Waals surface area contributed by atoms with Crippen molar-refractivity contribution in [3.63, 3.8) is 0 Å². The Kier molecular flexibility index (Phi) is 3.00. The van der Waals surface area contributed by atoms with Crippen LogP contribution < -0.4 is 16.6 Å². The second-order valence-electron chi connectivity index (χ2n) is 4.72. The lowest BCUT2D eigenvalue weighted by molar-refractivity contribution is 1.11. The van der Waals surface area contributed by atoms with Crippen molar-refractivity contribution in [3.05, 3.63) is 47.9 Å². The minimum Gasteiger partial charge on any atom is -0.337 e. The Bertz CT molecular complexity index is 761. The Balaban J connectivity index is 2.07. The fraction of sp³-hybridized carbons (Fsp3) is 0.143. The zero-order chi connectivity index (χ0) is 14.1. The van der Waals surface area contributed by atoms with Gasteiger partial charge in [-0.25, -0.2) is 15.8 Å². The Hall–Kier alpha value is -2.60. The van der Waals surface area contributed by atoms with E-state index >= 15 is 0 Å². The van der Waals surface area contributed by atoms with E-state index in [1.165, 1.54) is 5.56 Å². The molecule has 0 unspecified atom stereocenters. The maximum atomic E-state index is 5.45. The van der Waals surface area contributed by atoms with Gasteiger partial charge >= 0.3 is 0 Å². The summed E-state index contributed by atoms with van der Waals surface area (Å²) in [7, 11) is 0. The molecule has 0 bridgehead atoms. The molecular formula is C14H16N6. The van der Waals surface area contributed by atoms with Crippen molar-refractivity contribution in [2.45, 2.75) is 13.8 Å². The zero-order valence-corrected chi connectivity index (χ0v) is 11.4. The number of aromatic nitrogens is 3. The third-order valence-electron chi connectivity index (χ3n) is 3.16. The van der Waals surface area contributed by atoms with Crippen molar-refractivity contribution in [1.29, 1.82) is 0 Å². The van der Waals surface area contributed by atoms with Gasteiger partial charge in [0.05, 0.1) is 6.20 Å². The molecule has 0 saturated heterocycles. The molecule has 20 heavy (non-hydrogen) atoms. The van der Waals surface area contributed by atoms with Gasteiger partial charge in [0.2, 0.25) is 0 Å². The molecule has 0 amide bonds. The molecule has 0 aliphatic rings. The van der Waals surface area contributed by atoms with E-state index in [0.29, 0.717) is 11.6 Å². The van der Waals surface area contributed by atoms with Crippen LogP contribution in [0, 0.1) is 13.8 Å². The first-order valence-corrected chi connectivity index (χ1v) is 6.32. The number of nitrogens with two attached hydrogens (primary N) is 1. The molecule has 4 N–H and O–H groups in total. The largest absolute Gasteiger partial charge is 0.337 e. The minimum absolute atomic E-state index is 0.572. The van der Waals surface area contributed by atoms with E-state index in [-0.39, 0.29) is 0 Å². The van der Waals surface area contributed by atoms with Crippen LogP contribution >= 0.6 is 0 Å². The summed E-state index contributed by atoms with van der Waals surface area (Å²) in [5, 5.41) is 3.31. The van der Waals surface area contributed by atoms with E-state index in [4.69, 9.17) is 5.84 Å². The second-order valence-corrected chi connectivity index (χ2v) is 4.72. The van der Waals surface area contributed by atoms with Gasteiger partial charge in [0, 0.05) is 18.1 Å². The zero-order valence-electron chi connectivity index (χ0n) is 11.4. The second kappa shape index (κ2) is 4.82. The highest BCUT2D eigenvalue weighted by molar-refractivity contribution is 5.73. The third kappa shape index (κ3) is 2.17. The summed E-state index contributed by atoms with van der Waals surface area (Å²) in [5.74, 6) is 6.68. The van der Waals surface area contributed by atoms with Gasteiger partial charge in [0.15, 0.2) is 17.3 Å². The number of fused-ring (bicyclic) bond motifs is 1. The normalized spacial score (nSPS) is 10.8. The summed E-state index contributed by atoms with van der Waals surface area (Å²) in [6.45, 7) is 4.13. The van der Waals surface area contributed by atoms with E-state index in [1.807, 2.05) is 16.7 Å². The molecule has 0 fully saturated rings. The van der Waals surface area contributed by atoms with Gasteiger partial charge < -0.3 is 15.1 Å². The molecule has 0 radical (unpaired) electrons. The molecule has 2 heterocycles. The van der Waals surface area contributed by atoms with Crippen LogP contribution in [0.25, 0.3) is 5.65 Å². The van der Waals surface area contributed by atoms with Crippen LogP contribution in [-0.2, 0) is 0 Å². The van der Waals surface area contributed by atoms with Crippen LogP contribution in [0.4, 0.5) is 17.3 Å². The quantitative estimate of drug-likeness (QED) is 0.502. The maximum absolute atomic E-state index is 5.45. The molecule has 0 aliphatic carbocycles. The number of hydrogen-bond acceptors (Lipinski definition) is 5. The molecule has 2 aromatic heterocycles. The fourth-order valence-electron chi connectivity index (χ4n) is 2.17. The molecule has 102 valence electrons. The van der Waals surface area contributed by atoms with Crippen LogP contribution in [0.3, 0.4) is 0 Å². The molecule has 1 aromatic carbocycles. The van der Waals surface area contributed by atoms with Gasteiger partial charge in [-0.3, -0.25) is 0 Å². The predicted molar refractivity (Wildman–Crippen MR) is 80.0 cm³/mol. The van der Waals surface area contributed by atoms with Crippen molar-refractivity contribution >= 4 is 23.0 Å². The molecule has 0 atom stereocenters. The Morgan fingerprint density at radius 2 is 2.10 bits per heavy atom. The van der Waals surface area contributed by atoms with Gasteiger partial charge in [-0.15, -0.1) is 0 Å². The number of rotatable bonds is 3. The third-order valence-corrected chi connectivity index (χ3v) is 3.16. The average molecular weight is 268 g/mol. The van der Waals surface area contributed by atoms with Gasteiger partial charge in [-0.1, -0.05) is 17.7 Å². The smallest absolute Gasteiger partial charge is 0.180 e. The van der Waals surface area contributed by atoms with Crippen LogP contribution in [0.5, 0.6) is 0 Å². The fourth-order valence-corrected chi connectivity index (χ4v) is 2.17. The Morgan fingerprint density at radius 1 is 1.25 bits per heavy atom. The number of nitrogens with zero attached hydrogens (tertiary/aromatic N) is 3. The lowest BCUT2D eigenvalue weighted by Gasteiger charge is -2.11. The van der Waals surface area contributed by atoms with Crippen molar-refractivity contribution in [2.75, 3.05) is 10.7 Å². The van der Waals surface area contributed by atoms with Crippen molar-refractivity contribution < 1.29 is 0 Å². The van der Waals surface area contributed by atoms with Gasteiger partial charge in [0.25, 0.3) is 0 Å². The number of hydrazine groups is 1. The van der Waals surface area contributed by atoms with Crippen LogP contribution in [-0.4, -0.2) is 14.4 Å². The summed E-state index contributed by atoms with van der Waals surface area (Å²) in [6.07, 6.45) is 5.37. The number of hydrogen-bond donors (Lipinski definition) is 3. The number of aryl methyl sites for hydroxylation is 2. The lowest BCUT2D eigenvalue weighted by Crippen LogP contribution is -2.11. The van der Waals surface area contributed by atoms with Crippen LogP contribution in [0.15, 0.2) is 36.8 Å².